The first-order valence-corrected chi connectivity index (χ1v) is 12.0. The van der Waals surface area contributed by atoms with Crippen LogP contribution in [0.4, 0.5) is 0 Å². The highest BCUT2D eigenvalue weighted by Gasteiger charge is 2.38. The second-order valence-corrected chi connectivity index (χ2v) is 9.47. The second kappa shape index (κ2) is 10.5. The Balaban J connectivity index is 1.30. The smallest absolute Gasteiger partial charge is 0.253 e. The minimum Gasteiger partial charge on any atom is -0.497 e. The van der Waals surface area contributed by atoms with Crippen LogP contribution in [-0.4, -0.2) is 66.3 Å². The SMILES string of the molecule is COc1ccc(C(=O)N2CCN(C(=O)CCC3(Cc4ccc(Cl)cc4)CCC(=O)N3)CC2)cc1. The van der Waals surface area contributed by atoms with Gasteiger partial charge in [-0.15, -0.1) is 0 Å². The topological polar surface area (TPSA) is 79.0 Å². The fourth-order valence-corrected chi connectivity index (χ4v) is 4.88. The highest BCUT2D eigenvalue weighted by Crippen LogP contribution is 2.30. The molecule has 0 bridgehead atoms. The number of hydrogen-bond acceptors (Lipinski definition) is 4. The Morgan fingerprint density at radius 1 is 1.00 bits per heavy atom. The summed E-state index contributed by atoms with van der Waals surface area (Å²) in [5.41, 5.74) is 1.29. The van der Waals surface area contributed by atoms with Crippen molar-refractivity contribution >= 4 is 29.3 Å². The van der Waals surface area contributed by atoms with Crippen LogP contribution in [0.3, 0.4) is 0 Å². The number of halogens is 1. The van der Waals surface area contributed by atoms with Gasteiger partial charge in [0.1, 0.15) is 5.75 Å². The van der Waals surface area contributed by atoms with Gasteiger partial charge in [-0.2, -0.15) is 0 Å². The Kier molecular flexibility index (Phi) is 7.41. The first kappa shape index (κ1) is 24.1. The first-order chi connectivity index (χ1) is 16.4. The molecule has 8 heteroatoms. The number of nitrogens with one attached hydrogen (secondary N) is 1. The largest absolute Gasteiger partial charge is 0.497 e. The molecule has 2 heterocycles. The molecule has 0 aromatic heterocycles. The summed E-state index contributed by atoms with van der Waals surface area (Å²) in [5.74, 6) is 0.768. The standard InChI is InChI=1S/C26H30ClN3O4/c1-34-22-8-4-20(5-9-22)25(33)30-16-14-29(15-17-30)24(32)11-13-26(12-10-23(31)28-26)18-19-2-6-21(27)7-3-19/h2-9H,10-18H2,1H3,(H,28,31). The summed E-state index contributed by atoms with van der Waals surface area (Å²) in [6.45, 7) is 2.03. The van der Waals surface area contributed by atoms with Crippen LogP contribution in [0, 0.1) is 0 Å². The van der Waals surface area contributed by atoms with Gasteiger partial charge in [0.05, 0.1) is 7.11 Å². The summed E-state index contributed by atoms with van der Waals surface area (Å²) >= 11 is 6.00. The Hall–Kier alpha value is -3.06. The number of carbonyl (C=O) groups is 3. The summed E-state index contributed by atoms with van der Waals surface area (Å²) < 4.78 is 5.15. The molecule has 2 aliphatic heterocycles. The van der Waals surface area contributed by atoms with Gasteiger partial charge >= 0.3 is 0 Å². The van der Waals surface area contributed by atoms with Crippen molar-refractivity contribution in [1.29, 1.82) is 0 Å². The summed E-state index contributed by atoms with van der Waals surface area (Å²) in [6, 6.07) is 14.7. The molecule has 1 N–H and O–H groups in total. The van der Waals surface area contributed by atoms with Crippen LogP contribution in [0.25, 0.3) is 0 Å². The van der Waals surface area contributed by atoms with E-state index in [9.17, 15) is 14.4 Å². The molecule has 180 valence electrons. The maximum absolute atomic E-state index is 13.0. The number of hydrogen-bond donors (Lipinski definition) is 1. The van der Waals surface area contributed by atoms with E-state index in [0.717, 1.165) is 5.56 Å². The van der Waals surface area contributed by atoms with Crippen LogP contribution in [-0.2, 0) is 16.0 Å². The van der Waals surface area contributed by atoms with Gasteiger partial charge in [0.2, 0.25) is 11.8 Å². The molecule has 34 heavy (non-hydrogen) atoms. The van der Waals surface area contributed by atoms with Crippen molar-refractivity contribution in [1.82, 2.24) is 15.1 Å². The summed E-state index contributed by atoms with van der Waals surface area (Å²) in [6.07, 6.45) is 2.82. The van der Waals surface area contributed by atoms with E-state index in [-0.39, 0.29) is 17.7 Å². The van der Waals surface area contributed by atoms with Gasteiger partial charge in [0, 0.05) is 55.1 Å². The third-order valence-corrected chi connectivity index (χ3v) is 7.02. The molecular weight excluding hydrogens is 454 g/mol. The van der Waals surface area contributed by atoms with Crippen molar-refractivity contribution in [3.63, 3.8) is 0 Å². The van der Waals surface area contributed by atoms with Gasteiger partial charge in [-0.1, -0.05) is 23.7 Å². The van der Waals surface area contributed by atoms with Gasteiger partial charge in [-0.05, 0) is 61.2 Å². The van der Waals surface area contributed by atoms with Gasteiger partial charge in [0.25, 0.3) is 5.91 Å². The zero-order valence-electron chi connectivity index (χ0n) is 19.4. The van der Waals surface area contributed by atoms with E-state index in [4.69, 9.17) is 16.3 Å². The van der Waals surface area contributed by atoms with Crippen LogP contribution >= 0.6 is 11.6 Å². The monoisotopic (exact) mass is 483 g/mol. The molecule has 3 amide bonds. The lowest BCUT2D eigenvalue weighted by Gasteiger charge is -2.36. The second-order valence-electron chi connectivity index (χ2n) is 9.03. The lowest BCUT2D eigenvalue weighted by molar-refractivity contribution is -0.133. The first-order valence-electron chi connectivity index (χ1n) is 11.6. The molecule has 1 atom stereocenters. The molecule has 0 radical (unpaired) electrons. The molecule has 2 aromatic rings. The highest BCUT2D eigenvalue weighted by atomic mass is 35.5. The predicted octanol–water partition coefficient (Wildman–Crippen LogP) is 3.30. The van der Waals surface area contributed by atoms with Gasteiger partial charge in [-0.3, -0.25) is 14.4 Å². The van der Waals surface area contributed by atoms with Crippen molar-refractivity contribution in [2.24, 2.45) is 0 Å². The van der Waals surface area contributed by atoms with Crippen LogP contribution in [0.1, 0.15) is 41.6 Å². The average Bonchev–Trinajstić information content (AvgIpc) is 3.24. The van der Waals surface area contributed by atoms with E-state index in [1.54, 1.807) is 36.3 Å². The highest BCUT2D eigenvalue weighted by molar-refractivity contribution is 6.30. The van der Waals surface area contributed by atoms with Gasteiger partial charge in [-0.25, -0.2) is 0 Å². The number of amides is 3. The molecule has 2 aromatic carbocycles. The lowest BCUT2D eigenvalue weighted by atomic mass is 9.85. The molecule has 2 fully saturated rings. The molecule has 2 saturated heterocycles. The van der Waals surface area contributed by atoms with Crippen LogP contribution in [0.15, 0.2) is 48.5 Å². The van der Waals surface area contributed by atoms with Crippen LogP contribution < -0.4 is 10.1 Å². The third-order valence-electron chi connectivity index (χ3n) is 6.76. The number of nitrogens with zero attached hydrogens (tertiary/aromatic N) is 2. The average molecular weight is 484 g/mol. The lowest BCUT2D eigenvalue weighted by Crippen LogP contribution is -2.51. The number of rotatable bonds is 7. The zero-order valence-corrected chi connectivity index (χ0v) is 20.1. The molecule has 4 rings (SSSR count). The summed E-state index contributed by atoms with van der Waals surface area (Å²) in [4.78, 5) is 41.4. The zero-order chi connectivity index (χ0) is 24.1. The quantitative estimate of drug-likeness (QED) is 0.655. The Bertz CT molecular complexity index is 1030. The fraction of sp³-hybridized carbons (Fsp3) is 0.423. The van der Waals surface area contributed by atoms with Crippen LogP contribution in [0.5, 0.6) is 5.75 Å². The van der Waals surface area contributed by atoms with Crippen molar-refractivity contribution in [2.75, 3.05) is 33.3 Å². The van der Waals surface area contributed by atoms with Crippen LogP contribution in [0.2, 0.25) is 5.02 Å². The van der Waals surface area contributed by atoms with E-state index >= 15 is 0 Å². The maximum atomic E-state index is 13.0. The Morgan fingerprint density at radius 2 is 1.65 bits per heavy atom. The van der Waals surface area contributed by atoms with Crippen molar-refractivity contribution in [3.05, 3.63) is 64.7 Å². The number of carbonyl (C=O) groups excluding carboxylic acids is 3. The number of piperazine rings is 1. The molecule has 0 spiro atoms. The Labute approximate surface area is 205 Å². The minimum atomic E-state index is -0.410. The summed E-state index contributed by atoms with van der Waals surface area (Å²) in [7, 11) is 1.59. The van der Waals surface area contributed by atoms with Gasteiger partial charge < -0.3 is 19.9 Å². The fourth-order valence-electron chi connectivity index (χ4n) is 4.75. The van der Waals surface area contributed by atoms with Crippen molar-refractivity contribution < 1.29 is 19.1 Å². The number of methoxy groups -OCH3 is 1. The normalized spacial score (nSPS) is 20.2. The van der Waals surface area contributed by atoms with E-state index in [2.05, 4.69) is 5.32 Å². The molecule has 7 nitrogen and oxygen atoms in total. The summed E-state index contributed by atoms with van der Waals surface area (Å²) in [5, 5.41) is 3.81. The van der Waals surface area contributed by atoms with Crippen molar-refractivity contribution in [3.8, 4) is 5.75 Å². The molecule has 0 saturated carbocycles. The molecule has 0 aliphatic carbocycles. The predicted molar refractivity (Wildman–Crippen MR) is 130 cm³/mol. The molecule has 1 unspecified atom stereocenters. The van der Waals surface area contributed by atoms with E-state index in [1.807, 2.05) is 29.2 Å². The van der Waals surface area contributed by atoms with Crippen molar-refractivity contribution in [2.45, 2.75) is 37.6 Å². The maximum Gasteiger partial charge on any atom is 0.253 e. The number of benzene rings is 2. The molecular formula is C26H30ClN3O4. The van der Waals surface area contributed by atoms with E-state index < -0.39 is 5.54 Å². The third kappa shape index (κ3) is 5.70. The number of ether oxygens (including phenoxy) is 1. The Morgan fingerprint density at radius 3 is 2.24 bits per heavy atom. The van der Waals surface area contributed by atoms with E-state index in [0.29, 0.717) is 74.6 Å². The van der Waals surface area contributed by atoms with E-state index in [1.165, 1.54) is 0 Å². The van der Waals surface area contributed by atoms with Gasteiger partial charge in [0.15, 0.2) is 0 Å². The minimum absolute atomic E-state index is 0.0343. The molecule has 2 aliphatic rings.